The van der Waals surface area contributed by atoms with Gasteiger partial charge in [0.15, 0.2) is 5.78 Å². The zero-order valence-electron chi connectivity index (χ0n) is 13.9. The lowest BCUT2D eigenvalue weighted by atomic mass is 9.85. The molecule has 1 atom stereocenters. The third-order valence-corrected chi connectivity index (χ3v) is 4.00. The molecule has 7 nitrogen and oxygen atoms in total. The molecular weight excluding hydrogens is 316 g/mol. The number of methoxy groups -OCH3 is 2. The van der Waals surface area contributed by atoms with Crippen LogP contribution < -0.4 is 4.74 Å². The van der Waals surface area contributed by atoms with Crippen LogP contribution in [0.2, 0.25) is 0 Å². The summed E-state index contributed by atoms with van der Waals surface area (Å²) in [4.78, 5) is 36.0. The number of carbonyl (C=O) groups is 3. The van der Waals surface area contributed by atoms with Crippen LogP contribution in [0, 0.1) is 6.92 Å². The van der Waals surface area contributed by atoms with Crippen molar-refractivity contribution >= 4 is 17.7 Å². The maximum absolute atomic E-state index is 12.5. The summed E-state index contributed by atoms with van der Waals surface area (Å²) in [7, 11) is 2.49. The third kappa shape index (κ3) is 3.34. The van der Waals surface area contributed by atoms with E-state index in [1.165, 1.54) is 20.3 Å². The van der Waals surface area contributed by atoms with Gasteiger partial charge in [0.05, 0.1) is 20.6 Å². The van der Waals surface area contributed by atoms with E-state index in [1.807, 2.05) is 0 Å². The topological polar surface area (TPSA) is 99.1 Å². The highest BCUT2D eigenvalue weighted by atomic mass is 16.6. The summed E-state index contributed by atoms with van der Waals surface area (Å²) in [6.07, 6.45) is 0.250. The molecule has 130 valence electrons. The number of phenolic OH excluding ortho intramolecular Hbond substituents is 1. The number of ketones is 1. The van der Waals surface area contributed by atoms with Crippen molar-refractivity contribution in [2.24, 2.45) is 0 Å². The lowest BCUT2D eigenvalue weighted by Crippen LogP contribution is -2.49. The molecule has 7 heteroatoms. The SMILES string of the molecule is COC(=O)CCCC1(C(=O)OC)CC(=O)c2c(O)cc(C)cc2O1. The van der Waals surface area contributed by atoms with Gasteiger partial charge in [0.2, 0.25) is 5.60 Å². The molecule has 0 bridgehead atoms. The number of rotatable bonds is 5. The molecule has 1 N–H and O–H groups in total. The largest absolute Gasteiger partial charge is 0.507 e. The molecule has 1 aliphatic rings. The van der Waals surface area contributed by atoms with Gasteiger partial charge in [0.25, 0.3) is 0 Å². The molecule has 0 fully saturated rings. The summed E-state index contributed by atoms with van der Waals surface area (Å²) in [5, 5.41) is 9.98. The average Bonchev–Trinajstić information content (AvgIpc) is 2.52. The Bertz CT molecular complexity index is 680. The first-order valence-electron chi connectivity index (χ1n) is 7.54. The Kier molecular flexibility index (Phi) is 5.11. The molecular formula is C17H20O7. The second kappa shape index (κ2) is 6.90. The van der Waals surface area contributed by atoms with Crippen molar-refractivity contribution in [1.82, 2.24) is 0 Å². The fraction of sp³-hybridized carbons (Fsp3) is 0.471. The van der Waals surface area contributed by atoms with Crippen molar-refractivity contribution in [3.63, 3.8) is 0 Å². The van der Waals surface area contributed by atoms with E-state index < -0.39 is 23.3 Å². The van der Waals surface area contributed by atoms with Crippen molar-refractivity contribution in [2.45, 2.75) is 38.2 Å². The van der Waals surface area contributed by atoms with Crippen molar-refractivity contribution in [2.75, 3.05) is 14.2 Å². The molecule has 0 saturated heterocycles. The standard InChI is InChI=1S/C17H20O7/c1-10-7-11(18)15-12(19)9-17(16(21)23-3,24-13(15)8-10)6-4-5-14(20)22-2/h7-8,18H,4-6,9H2,1-3H3. The van der Waals surface area contributed by atoms with Gasteiger partial charge in [-0.25, -0.2) is 4.79 Å². The highest BCUT2D eigenvalue weighted by molar-refractivity contribution is 6.05. The lowest BCUT2D eigenvalue weighted by molar-refractivity contribution is -0.161. The van der Waals surface area contributed by atoms with Crippen LogP contribution in [-0.2, 0) is 19.1 Å². The van der Waals surface area contributed by atoms with Crippen LogP contribution in [0.3, 0.4) is 0 Å². The number of aryl methyl sites for hydroxylation is 1. The van der Waals surface area contributed by atoms with Gasteiger partial charge in [-0.3, -0.25) is 9.59 Å². The van der Waals surface area contributed by atoms with E-state index in [0.717, 1.165) is 0 Å². The number of ether oxygens (including phenoxy) is 3. The van der Waals surface area contributed by atoms with Crippen LogP contribution in [0.5, 0.6) is 11.5 Å². The molecule has 0 spiro atoms. The number of esters is 2. The van der Waals surface area contributed by atoms with Crippen LogP contribution in [0.15, 0.2) is 12.1 Å². The van der Waals surface area contributed by atoms with E-state index in [0.29, 0.717) is 12.0 Å². The maximum atomic E-state index is 12.5. The van der Waals surface area contributed by atoms with Crippen LogP contribution in [-0.4, -0.2) is 42.6 Å². The highest BCUT2D eigenvalue weighted by Crippen LogP contribution is 2.41. The van der Waals surface area contributed by atoms with Gasteiger partial charge in [-0.15, -0.1) is 0 Å². The molecule has 1 aromatic rings. The molecule has 24 heavy (non-hydrogen) atoms. The van der Waals surface area contributed by atoms with Gasteiger partial charge in [-0.1, -0.05) is 0 Å². The van der Waals surface area contributed by atoms with Crippen molar-refractivity contribution in [3.8, 4) is 11.5 Å². The zero-order chi connectivity index (χ0) is 17.9. The fourth-order valence-corrected chi connectivity index (χ4v) is 2.85. The van der Waals surface area contributed by atoms with E-state index in [-0.39, 0.29) is 36.3 Å². The van der Waals surface area contributed by atoms with Crippen LogP contribution in [0.4, 0.5) is 0 Å². The number of hydrogen-bond acceptors (Lipinski definition) is 7. The number of aromatic hydroxyl groups is 1. The Morgan fingerprint density at radius 2 is 2.00 bits per heavy atom. The molecule has 1 aliphatic heterocycles. The zero-order valence-corrected chi connectivity index (χ0v) is 13.9. The Balaban J connectivity index is 2.34. The fourth-order valence-electron chi connectivity index (χ4n) is 2.85. The van der Waals surface area contributed by atoms with E-state index in [9.17, 15) is 19.5 Å². The number of hydrogen-bond donors (Lipinski definition) is 1. The molecule has 2 rings (SSSR count). The highest BCUT2D eigenvalue weighted by Gasteiger charge is 2.48. The normalized spacial score (nSPS) is 19.2. The van der Waals surface area contributed by atoms with Crippen LogP contribution in [0.25, 0.3) is 0 Å². The van der Waals surface area contributed by atoms with Gasteiger partial charge in [-0.05, 0) is 37.5 Å². The smallest absolute Gasteiger partial charge is 0.350 e. The molecule has 1 unspecified atom stereocenters. The van der Waals surface area contributed by atoms with E-state index in [4.69, 9.17) is 9.47 Å². The number of fused-ring (bicyclic) bond motifs is 1. The predicted molar refractivity (Wildman–Crippen MR) is 83.0 cm³/mol. The second-order valence-electron chi connectivity index (χ2n) is 5.77. The van der Waals surface area contributed by atoms with Crippen LogP contribution >= 0.6 is 0 Å². The summed E-state index contributed by atoms with van der Waals surface area (Å²) in [5.74, 6) is -1.54. The van der Waals surface area contributed by atoms with Crippen LogP contribution in [0.1, 0.15) is 41.6 Å². The number of benzene rings is 1. The first-order valence-corrected chi connectivity index (χ1v) is 7.54. The van der Waals surface area contributed by atoms with Crippen molar-refractivity contribution < 1.29 is 33.7 Å². The molecule has 0 radical (unpaired) electrons. The van der Waals surface area contributed by atoms with Crippen molar-refractivity contribution in [3.05, 3.63) is 23.3 Å². The monoisotopic (exact) mass is 336 g/mol. The Labute approximate surface area is 139 Å². The minimum atomic E-state index is -1.51. The van der Waals surface area contributed by atoms with Crippen molar-refractivity contribution in [1.29, 1.82) is 0 Å². The minimum absolute atomic E-state index is 0.0631. The summed E-state index contributed by atoms with van der Waals surface area (Å²) in [6, 6.07) is 3.05. The summed E-state index contributed by atoms with van der Waals surface area (Å²) >= 11 is 0. The summed E-state index contributed by atoms with van der Waals surface area (Å²) < 4.78 is 15.2. The van der Waals surface area contributed by atoms with Gasteiger partial charge >= 0.3 is 11.9 Å². The van der Waals surface area contributed by atoms with E-state index in [1.54, 1.807) is 13.0 Å². The van der Waals surface area contributed by atoms with Gasteiger partial charge in [-0.2, -0.15) is 0 Å². The Morgan fingerprint density at radius 1 is 1.29 bits per heavy atom. The molecule has 0 saturated carbocycles. The quantitative estimate of drug-likeness (QED) is 0.820. The number of Topliss-reactive ketones (excluding diaryl/α,β-unsaturated/α-hetero) is 1. The molecule has 0 amide bonds. The maximum Gasteiger partial charge on any atom is 0.350 e. The first kappa shape index (κ1) is 17.8. The van der Waals surface area contributed by atoms with Gasteiger partial charge in [0.1, 0.15) is 17.1 Å². The molecule has 0 aromatic heterocycles. The van der Waals surface area contributed by atoms with E-state index in [2.05, 4.69) is 4.74 Å². The first-order chi connectivity index (χ1) is 11.3. The predicted octanol–water partition coefficient (Wildman–Crippen LogP) is 1.92. The van der Waals surface area contributed by atoms with Gasteiger partial charge in [0, 0.05) is 6.42 Å². The summed E-state index contributed by atoms with van der Waals surface area (Å²) in [6.45, 7) is 1.74. The number of carbonyl (C=O) groups excluding carboxylic acids is 3. The lowest BCUT2D eigenvalue weighted by Gasteiger charge is -2.35. The minimum Gasteiger partial charge on any atom is -0.507 e. The van der Waals surface area contributed by atoms with E-state index >= 15 is 0 Å². The second-order valence-corrected chi connectivity index (χ2v) is 5.77. The molecule has 1 aromatic carbocycles. The molecule has 1 heterocycles. The summed E-state index contributed by atoms with van der Waals surface area (Å²) in [5.41, 5.74) is -0.755. The average molecular weight is 336 g/mol. The molecule has 0 aliphatic carbocycles. The third-order valence-electron chi connectivity index (χ3n) is 4.00. The Hall–Kier alpha value is -2.57. The number of phenols is 1. The Morgan fingerprint density at radius 3 is 2.62 bits per heavy atom. The van der Waals surface area contributed by atoms with Gasteiger partial charge < -0.3 is 19.3 Å².